The first-order valence-corrected chi connectivity index (χ1v) is 8.79. The van der Waals surface area contributed by atoms with Gasteiger partial charge in [-0.05, 0) is 53.3 Å². The quantitative estimate of drug-likeness (QED) is 0.750. The molecule has 0 fully saturated rings. The van der Waals surface area contributed by atoms with Crippen LogP contribution in [0.4, 0.5) is 0 Å². The summed E-state index contributed by atoms with van der Waals surface area (Å²) in [6, 6.07) is 13.8. The number of rotatable bonds is 5. The molecule has 140 valence electrons. The molecule has 0 aliphatic carbocycles. The normalized spacial score (nSPS) is 11.4. The highest BCUT2D eigenvalue weighted by Crippen LogP contribution is 2.29. The fourth-order valence-corrected chi connectivity index (χ4v) is 2.95. The van der Waals surface area contributed by atoms with E-state index in [1.807, 2.05) is 24.3 Å². The smallest absolute Gasteiger partial charge is 0.288 e. The van der Waals surface area contributed by atoms with Gasteiger partial charge in [-0.25, -0.2) is 9.67 Å². The van der Waals surface area contributed by atoms with Crippen molar-refractivity contribution in [2.75, 3.05) is 0 Å². The Morgan fingerprint density at radius 2 is 1.85 bits per heavy atom. The molecule has 6 nitrogen and oxygen atoms in total. The van der Waals surface area contributed by atoms with Gasteiger partial charge in [0.25, 0.3) is 5.91 Å². The molecular formula is C21H24N4O2. The molecule has 0 spiro atoms. The number of nitrogens with two attached hydrogens (primary N) is 1. The number of nitrogens with zero attached hydrogens (tertiary/aromatic N) is 3. The van der Waals surface area contributed by atoms with Gasteiger partial charge in [-0.2, -0.15) is 0 Å². The molecule has 1 heterocycles. The van der Waals surface area contributed by atoms with Crippen LogP contribution in [0.25, 0.3) is 5.69 Å². The number of benzene rings is 2. The van der Waals surface area contributed by atoms with Crippen LogP contribution < -0.4 is 10.5 Å². The van der Waals surface area contributed by atoms with Gasteiger partial charge in [0.15, 0.2) is 0 Å². The summed E-state index contributed by atoms with van der Waals surface area (Å²) in [6.07, 6.45) is 1.46. The Hall–Kier alpha value is -3.15. The highest BCUT2D eigenvalue weighted by atomic mass is 16.5. The topological polar surface area (TPSA) is 83.0 Å². The Morgan fingerprint density at radius 3 is 2.44 bits per heavy atom. The first-order chi connectivity index (χ1) is 12.8. The summed E-state index contributed by atoms with van der Waals surface area (Å²) in [5, 5.41) is 4.04. The minimum atomic E-state index is -0.651. The zero-order valence-electron chi connectivity index (χ0n) is 16.1. The second kappa shape index (κ2) is 7.23. The number of aryl methyl sites for hydroxylation is 1. The van der Waals surface area contributed by atoms with Crippen LogP contribution in [0.1, 0.15) is 48.1 Å². The van der Waals surface area contributed by atoms with Crippen molar-refractivity contribution in [3.8, 4) is 11.4 Å². The number of primary amides is 1. The van der Waals surface area contributed by atoms with Crippen molar-refractivity contribution >= 4 is 5.91 Å². The number of ether oxygens (including phenoxy) is 1. The molecule has 1 amide bonds. The standard InChI is InChI=1S/C21H24N4O2/c1-14-6-5-7-18(21(2,3)4)17(14)12-27-16-10-8-15(9-11-16)25-13-23-20(24-25)19(22)26/h5-11,13H,12H2,1-4H3,(H2,22,26). The fourth-order valence-electron chi connectivity index (χ4n) is 2.95. The van der Waals surface area contributed by atoms with Crippen LogP contribution in [0.2, 0.25) is 0 Å². The van der Waals surface area contributed by atoms with E-state index in [4.69, 9.17) is 10.5 Å². The van der Waals surface area contributed by atoms with E-state index in [0.29, 0.717) is 6.61 Å². The van der Waals surface area contributed by atoms with E-state index < -0.39 is 5.91 Å². The maximum absolute atomic E-state index is 11.1. The van der Waals surface area contributed by atoms with Crippen molar-refractivity contribution in [2.24, 2.45) is 5.73 Å². The molecule has 2 aromatic carbocycles. The lowest BCUT2D eigenvalue weighted by atomic mass is 9.82. The van der Waals surface area contributed by atoms with Gasteiger partial charge in [-0.1, -0.05) is 39.0 Å². The van der Waals surface area contributed by atoms with Crippen LogP contribution in [-0.4, -0.2) is 20.7 Å². The minimum Gasteiger partial charge on any atom is -0.489 e. The summed E-state index contributed by atoms with van der Waals surface area (Å²) < 4.78 is 7.53. The van der Waals surface area contributed by atoms with Gasteiger partial charge >= 0.3 is 0 Å². The molecule has 0 aliphatic heterocycles. The van der Waals surface area contributed by atoms with Crippen molar-refractivity contribution in [3.05, 3.63) is 71.3 Å². The van der Waals surface area contributed by atoms with E-state index >= 15 is 0 Å². The van der Waals surface area contributed by atoms with Gasteiger partial charge in [-0.3, -0.25) is 4.79 Å². The molecule has 6 heteroatoms. The Morgan fingerprint density at radius 1 is 1.15 bits per heavy atom. The Labute approximate surface area is 159 Å². The number of carbonyl (C=O) groups is 1. The molecule has 0 saturated heterocycles. The zero-order chi connectivity index (χ0) is 19.6. The van der Waals surface area contributed by atoms with Crippen LogP contribution >= 0.6 is 0 Å². The molecule has 3 rings (SSSR count). The van der Waals surface area contributed by atoms with Crippen LogP contribution in [-0.2, 0) is 12.0 Å². The lowest BCUT2D eigenvalue weighted by Gasteiger charge is -2.24. The first-order valence-electron chi connectivity index (χ1n) is 8.79. The highest BCUT2D eigenvalue weighted by Gasteiger charge is 2.19. The van der Waals surface area contributed by atoms with Gasteiger partial charge in [0.05, 0.1) is 5.69 Å². The number of hydrogen-bond donors (Lipinski definition) is 1. The average Bonchev–Trinajstić information content (AvgIpc) is 3.10. The van der Waals surface area contributed by atoms with E-state index in [9.17, 15) is 4.79 Å². The summed E-state index contributed by atoms with van der Waals surface area (Å²) in [6.45, 7) is 9.24. The number of aromatic nitrogens is 3. The predicted molar refractivity (Wildman–Crippen MR) is 104 cm³/mol. The molecule has 0 aliphatic rings. The summed E-state index contributed by atoms with van der Waals surface area (Å²) in [5.74, 6) is 0.100. The minimum absolute atomic E-state index is 0.00964. The molecule has 0 radical (unpaired) electrons. The third-order valence-electron chi connectivity index (χ3n) is 4.41. The Balaban J connectivity index is 1.75. The average molecular weight is 364 g/mol. The van der Waals surface area contributed by atoms with Crippen molar-refractivity contribution in [2.45, 2.75) is 39.7 Å². The fraction of sp³-hybridized carbons (Fsp3) is 0.286. The summed E-state index contributed by atoms with van der Waals surface area (Å²) in [7, 11) is 0. The van der Waals surface area contributed by atoms with Crippen LogP contribution in [0.3, 0.4) is 0 Å². The van der Waals surface area contributed by atoms with Crippen molar-refractivity contribution < 1.29 is 9.53 Å². The monoisotopic (exact) mass is 364 g/mol. The van der Waals surface area contributed by atoms with E-state index in [1.165, 1.54) is 27.7 Å². The maximum Gasteiger partial charge on any atom is 0.288 e. The lowest BCUT2D eigenvalue weighted by molar-refractivity contribution is 0.0990. The number of carbonyl (C=O) groups excluding carboxylic acids is 1. The van der Waals surface area contributed by atoms with E-state index in [1.54, 1.807) is 0 Å². The number of amides is 1. The molecule has 3 aromatic rings. The van der Waals surface area contributed by atoms with Gasteiger partial charge in [-0.15, -0.1) is 5.10 Å². The molecule has 0 bridgehead atoms. The lowest BCUT2D eigenvalue weighted by Crippen LogP contribution is -2.16. The second-order valence-electron chi connectivity index (χ2n) is 7.51. The van der Waals surface area contributed by atoms with Crippen LogP contribution in [0.5, 0.6) is 5.75 Å². The second-order valence-corrected chi connectivity index (χ2v) is 7.51. The molecule has 0 atom stereocenters. The molecular weight excluding hydrogens is 340 g/mol. The van der Waals surface area contributed by atoms with Crippen molar-refractivity contribution in [3.63, 3.8) is 0 Å². The van der Waals surface area contributed by atoms with Gasteiger partial charge < -0.3 is 10.5 Å². The van der Waals surface area contributed by atoms with Crippen molar-refractivity contribution in [1.82, 2.24) is 14.8 Å². The van der Waals surface area contributed by atoms with Crippen molar-refractivity contribution in [1.29, 1.82) is 0 Å². The molecule has 1 aromatic heterocycles. The van der Waals surface area contributed by atoms with Gasteiger partial charge in [0.1, 0.15) is 18.7 Å². The molecule has 2 N–H and O–H groups in total. The summed E-state index contributed by atoms with van der Waals surface area (Å²) in [4.78, 5) is 15.0. The third-order valence-corrected chi connectivity index (χ3v) is 4.41. The predicted octanol–water partition coefficient (Wildman–Crippen LogP) is 3.55. The molecule has 0 saturated carbocycles. The van der Waals surface area contributed by atoms with E-state index in [0.717, 1.165) is 11.4 Å². The van der Waals surface area contributed by atoms with Crippen LogP contribution in [0, 0.1) is 6.92 Å². The molecule has 27 heavy (non-hydrogen) atoms. The third kappa shape index (κ3) is 4.16. The largest absolute Gasteiger partial charge is 0.489 e. The Kier molecular flexibility index (Phi) is 4.99. The van der Waals surface area contributed by atoms with E-state index in [2.05, 4.69) is 56.0 Å². The van der Waals surface area contributed by atoms with Crippen LogP contribution in [0.15, 0.2) is 48.8 Å². The first kappa shape index (κ1) is 18.6. The highest BCUT2D eigenvalue weighted by molar-refractivity contribution is 5.88. The Bertz CT molecular complexity index is 953. The molecule has 0 unspecified atom stereocenters. The SMILES string of the molecule is Cc1cccc(C(C)(C)C)c1COc1ccc(-n2cnc(C(N)=O)n2)cc1. The summed E-state index contributed by atoms with van der Waals surface area (Å²) >= 11 is 0. The number of hydrogen-bond acceptors (Lipinski definition) is 4. The maximum atomic E-state index is 11.1. The van der Waals surface area contributed by atoms with Gasteiger partial charge in [0.2, 0.25) is 5.82 Å². The summed E-state index contributed by atoms with van der Waals surface area (Å²) in [5.41, 5.74) is 9.74. The van der Waals surface area contributed by atoms with Gasteiger partial charge in [0, 0.05) is 0 Å². The zero-order valence-corrected chi connectivity index (χ0v) is 16.1. The van der Waals surface area contributed by atoms with E-state index in [-0.39, 0.29) is 11.2 Å².